The highest BCUT2D eigenvalue weighted by atomic mass is 79.9. The number of hydrogen-bond donors (Lipinski definition) is 0. The average Bonchev–Trinajstić information content (AvgIpc) is 2.72. The SMILES string of the molecule is CC.Cc1ccc2oc3c(Br)cccc3c2c1. The number of hydrogen-bond acceptors (Lipinski definition) is 1. The highest BCUT2D eigenvalue weighted by molar-refractivity contribution is 9.10. The van der Waals surface area contributed by atoms with Crippen molar-refractivity contribution in [3.8, 4) is 0 Å². The second-order valence-corrected chi connectivity index (χ2v) is 4.57. The van der Waals surface area contributed by atoms with Crippen molar-refractivity contribution < 1.29 is 4.42 Å². The van der Waals surface area contributed by atoms with Gasteiger partial charge in [-0.05, 0) is 41.1 Å². The van der Waals surface area contributed by atoms with Crippen molar-refractivity contribution in [2.45, 2.75) is 20.8 Å². The van der Waals surface area contributed by atoms with Crippen LogP contribution in [0.4, 0.5) is 0 Å². The van der Waals surface area contributed by atoms with Gasteiger partial charge in [0.2, 0.25) is 0 Å². The molecule has 88 valence electrons. The molecule has 2 aromatic carbocycles. The molecular weight excluding hydrogens is 276 g/mol. The third kappa shape index (κ3) is 2.09. The van der Waals surface area contributed by atoms with Crippen LogP contribution in [-0.2, 0) is 0 Å². The van der Waals surface area contributed by atoms with Crippen LogP contribution in [0.15, 0.2) is 45.3 Å². The topological polar surface area (TPSA) is 13.1 Å². The number of rotatable bonds is 0. The number of benzene rings is 2. The van der Waals surface area contributed by atoms with E-state index in [0.717, 1.165) is 15.6 Å². The van der Waals surface area contributed by atoms with Gasteiger partial charge in [0.15, 0.2) is 0 Å². The molecule has 2 heteroatoms. The van der Waals surface area contributed by atoms with Gasteiger partial charge in [0, 0.05) is 10.8 Å². The zero-order chi connectivity index (χ0) is 12.4. The van der Waals surface area contributed by atoms with Crippen LogP contribution in [0.25, 0.3) is 21.9 Å². The van der Waals surface area contributed by atoms with E-state index in [0.29, 0.717) is 0 Å². The van der Waals surface area contributed by atoms with E-state index < -0.39 is 0 Å². The Bertz CT molecular complexity index is 652. The first-order valence-corrected chi connectivity index (χ1v) is 6.62. The summed E-state index contributed by atoms with van der Waals surface area (Å²) in [6, 6.07) is 12.4. The largest absolute Gasteiger partial charge is 0.455 e. The third-order valence-corrected chi connectivity index (χ3v) is 3.23. The number of halogens is 1. The van der Waals surface area contributed by atoms with Crippen LogP contribution >= 0.6 is 15.9 Å². The molecule has 0 unspecified atom stereocenters. The normalized spacial score (nSPS) is 10.4. The maximum absolute atomic E-state index is 5.79. The molecule has 0 N–H and O–H groups in total. The molecule has 1 nitrogen and oxygen atoms in total. The number of aryl methyl sites for hydroxylation is 1. The molecule has 0 bridgehead atoms. The molecule has 0 aliphatic carbocycles. The van der Waals surface area contributed by atoms with Crippen LogP contribution in [0.2, 0.25) is 0 Å². The van der Waals surface area contributed by atoms with Crippen LogP contribution < -0.4 is 0 Å². The number of para-hydroxylation sites is 1. The maximum Gasteiger partial charge on any atom is 0.149 e. The predicted octanol–water partition coefficient (Wildman–Crippen LogP) is 5.68. The summed E-state index contributed by atoms with van der Waals surface area (Å²) in [6.45, 7) is 6.09. The van der Waals surface area contributed by atoms with Crippen molar-refractivity contribution in [1.29, 1.82) is 0 Å². The van der Waals surface area contributed by atoms with Crippen molar-refractivity contribution in [3.05, 3.63) is 46.4 Å². The van der Waals surface area contributed by atoms with E-state index in [4.69, 9.17) is 4.42 Å². The molecule has 0 saturated heterocycles. The minimum absolute atomic E-state index is 0.929. The van der Waals surface area contributed by atoms with E-state index in [9.17, 15) is 0 Å². The monoisotopic (exact) mass is 290 g/mol. The van der Waals surface area contributed by atoms with Gasteiger partial charge >= 0.3 is 0 Å². The van der Waals surface area contributed by atoms with Gasteiger partial charge in [0.05, 0.1) is 4.47 Å². The lowest BCUT2D eigenvalue weighted by atomic mass is 10.1. The van der Waals surface area contributed by atoms with E-state index in [1.165, 1.54) is 16.3 Å². The molecule has 0 aliphatic rings. The smallest absolute Gasteiger partial charge is 0.149 e. The first-order chi connectivity index (χ1) is 8.25. The van der Waals surface area contributed by atoms with E-state index in [-0.39, 0.29) is 0 Å². The van der Waals surface area contributed by atoms with Gasteiger partial charge < -0.3 is 4.42 Å². The summed E-state index contributed by atoms with van der Waals surface area (Å²) in [4.78, 5) is 0. The highest BCUT2D eigenvalue weighted by Gasteiger charge is 2.08. The average molecular weight is 291 g/mol. The van der Waals surface area contributed by atoms with Crippen molar-refractivity contribution in [3.63, 3.8) is 0 Å². The fraction of sp³-hybridized carbons (Fsp3) is 0.200. The summed E-state index contributed by atoms with van der Waals surface area (Å²) < 4.78 is 6.80. The highest BCUT2D eigenvalue weighted by Crippen LogP contribution is 2.33. The minimum atomic E-state index is 0.929. The number of fused-ring (bicyclic) bond motifs is 3. The van der Waals surface area contributed by atoms with E-state index in [2.05, 4.69) is 41.1 Å². The second-order valence-electron chi connectivity index (χ2n) is 3.72. The molecule has 0 radical (unpaired) electrons. The lowest BCUT2D eigenvalue weighted by Crippen LogP contribution is -1.70. The molecule has 0 aliphatic heterocycles. The van der Waals surface area contributed by atoms with Crippen LogP contribution in [0.1, 0.15) is 19.4 Å². The summed E-state index contributed by atoms with van der Waals surface area (Å²) in [7, 11) is 0. The fourth-order valence-corrected chi connectivity index (χ4v) is 2.33. The summed E-state index contributed by atoms with van der Waals surface area (Å²) in [6.07, 6.45) is 0. The van der Waals surface area contributed by atoms with Crippen molar-refractivity contribution >= 4 is 37.9 Å². The Balaban J connectivity index is 0.000000514. The Labute approximate surface area is 110 Å². The molecular formula is C15H15BrO. The van der Waals surface area contributed by atoms with Crippen molar-refractivity contribution in [1.82, 2.24) is 0 Å². The van der Waals surface area contributed by atoms with Crippen molar-refractivity contribution in [2.75, 3.05) is 0 Å². The Morgan fingerprint density at radius 3 is 2.53 bits per heavy atom. The molecule has 0 fully saturated rings. The standard InChI is InChI=1S/C13H9BrO.C2H6/c1-8-5-6-12-10(7-8)9-3-2-4-11(14)13(9)15-12;1-2/h2-7H,1H3;1-2H3. The van der Waals surface area contributed by atoms with Crippen LogP contribution in [0, 0.1) is 6.92 Å². The molecule has 1 heterocycles. The van der Waals surface area contributed by atoms with E-state index >= 15 is 0 Å². The van der Waals surface area contributed by atoms with Gasteiger partial charge in [0.1, 0.15) is 11.2 Å². The summed E-state index contributed by atoms with van der Waals surface area (Å²) in [5.74, 6) is 0. The molecule has 0 amide bonds. The Morgan fingerprint density at radius 2 is 1.76 bits per heavy atom. The van der Waals surface area contributed by atoms with Gasteiger partial charge in [0.25, 0.3) is 0 Å². The molecule has 1 aromatic heterocycles. The molecule has 17 heavy (non-hydrogen) atoms. The molecule has 0 saturated carbocycles. The molecule has 3 rings (SSSR count). The van der Waals surface area contributed by atoms with Crippen LogP contribution in [-0.4, -0.2) is 0 Å². The van der Waals surface area contributed by atoms with Gasteiger partial charge in [-0.15, -0.1) is 0 Å². The predicted molar refractivity (Wildman–Crippen MR) is 77.5 cm³/mol. The fourth-order valence-electron chi connectivity index (χ4n) is 1.88. The lowest BCUT2D eigenvalue weighted by molar-refractivity contribution is 0.666. The molecule has 0 spiro atoms. The van der Waals surface area contributed by atoms with E-state index in [1.807, 2.05) is 32.0 Å². The van der Waals surface area contributed by atoms with Gasteiger partial charge in [-0.25, -0.2) is 0 Å². The summed E-state index contributed by atoms with van der Waals surface area (Å²) >= 11 is 3.50. The quantitative estimate of drug-likeness (QED) is 0.519. The first-order valence-electron chi connectivity index (χ1n) is 5.83. The Hall–Kier alpha value is -1.28. The van der Waals surface area contributed by atoms with E-state index in [1.54, 1.807) is 0 Å². The van der Waals surface area contributed by atoms with Crippen LogP contribution in [0.5, 0.6) is 0 Å². The zero-order valence-corrected chi connectivity index (χ0v) is 11.8. The van der Waals surface area contributed by atoms with Gasteiger partial charge in [-0.2, -0.15) is 0 Å². The Kier molecular flexibility index (Phi) is 3.53. The minimum Gasteiger partial charge on any atom is -0.455 e. The zero-order valence-electron chi connectivity index (χ0n) is 10.3. The molecule has 3 aromatic rings. The van der Waals surface area contributed by atoms with Gasteiger partial charge in [-0.3, -0.25) is 0 Å². The summed E-state index contributed by atoms with van der Waals surface area (Å²) in [5.41, 5.74) is 3.13. The van der Waals surface area contributed by atoms with Crippen LogP contribution in [0.3, 0.4) is 0 Å². The third-order valence-electron chi connectivity index (χ3n) is 2.60. The first kappa shape index (κ1) is 12.2. The second kappa shape index (κ2) is 4.92. The maximum atomic E-state index is 5.79. The Morgan fingerprint density at radius 1 is 1.00 bits per heavy atom. The van der Waals surface area contributed by atoms with Crippen molar-refractivity contribution in [2.24, 2.45) is 0 Å². The number of furan rings is 1. The lowest BCUT2D eigenvalue weighted by Gasteiger charge is -1.91. The summed E-state index contributed by atoms with van der Waals surface area (Å²) in [5, 5.41) is 2.36. The molecule has 0 atom stereocenters. The van der Waals surface area contributed by atoms with Gasteiger partial charge in [-0.1, -0.05) is 37.6 Å².